The van der Waals surface area contributed by atoms with E-state index in [0.29, 0.717) is 18.8 Å². The summed E-state index contributed by atoms with van der Waals surface area (Å²) in [4.78, 5) is 73.1. The molecule has 1 aromatic carbocycles. The largest absolute Gasteiger partial charge is 0.493 e. The van der Waals surface area contributed by atoms with Crippen LogP contribution in [-0.2, 0) is 47.7 Å². The average molecular weight is 649 g/mol. The molecule has 1 saturated heterocycles. The number of carbonyl (C=O) groups is 5. The Kier molecular flexibility index (Phi) is 12.7. The van der Waals surface area contributed by atoms with Crippen molar-refractivity contribution >= 4 is 40.8 Å². The lowest BCUT2D eigenvalue weighted by atomic mass is 9.98. The highest BCUT2D eigenvalue weighted by Gasteiger charge is 2.53. The molecule has 15 heteroatoms. The van der Waals surface area contributed by atoms with Gasteiger partial charge in [0.2, 0.25) is 12.4 Å². The van der Waals surface area contributed by atoms with E-state index >= 15 is 0 Å². The molecule has 46 heavy (non-hydrogen) atoms. The fraction of sp³-hybridized carbons (Fsp3) is 0.484. The van der Waals surface area contributed by atoms with Crippen molar-refractivity contribution in [2.45, 2.75) is 85.1 Å². The summed E-state index contributed by atoms with van der Waals surface area (Å²) < 4.78 is 49.7. The van der Waals surface area contributed by atoms with Crippen LogP contribution >= 0.6 is 0 Å². The van der Waals surface area contributed by atoms with Crippen molar-refractivity contribution < 1.29 is 66.3 Å². The summed E-state index contributed by atoms with van der Waals surface area (Å²) in [6.45, 7) is 7.22. The normalized spacial score (nSPS) is 20.9. The van der Waals surface area contributed by atoms with E-state index in [9.17, 15) is 28.8 Å². The Bertz CT molecular complexity index is 1520. The van der Waals surface area contributed by atoms with Gasteiger partial charge in [0.05, 0.1) is 12.0 Å². The Morgan fingerprint density at radius 3 is 2.07 bits per heavy atom. The van der Waals surface area contributed by atoms with Crippen LogP contribution in [0.25, 0.3) is 11.0 Å². The van der Waals surface area contributed by atoms with Gasteiger partial charge in [0.15, 0.2) is 18.0 Å². The molecule has 0 bridgehead atoms. The topological polar surface area (TPSA) is 189 Å². The van der Waals surface area contributed by atoms with Gasteiger partial charge >= 0.3 is 35.5 Å². The summed E-state index contributed by atoms with van der Waals surface area (Å²) in [5.74, 6) is -4.80. The van der Waals surface area contributed by atoms with Gasteiger partial charge in [0.25, 0.3) is 5.75 Å². The van der Waals surface area contributed by atoms with E-state index in [1.54, 1.807) is 6.07 Å². The maximum Gasteiger partial charge on any atom is 0.383 e. The molecular weight excluding hydrogens is 612 g/mol. The number of benzene rings is 1. The molecule has 15 nitrogen and oxygen atoms in total. The minimum absolute atomic E-state index is 0.0249. The first-order valence-corrected chi connectivity index (χ1v) is 14.3. The van der Waals surface area contributed by atoms with Gasteiger partial charge in [-0.1, -0.05) is 19.1 Å². The Morgan fingerprint density at radius 2 is 1.46 bits per heavy atom. The molecule has 1 aliphatic rings. The molecular formula is C31H36O15. The second-order valence-electron chi connectivity index (χ2n) is 10.0. The van der Waals surface area contributed by atoms with Gasteiger partial charge < -0.3 is 42.3 Å². The molecule has 3 rings (SSSR count). The fourth-order valence-electron chi connectivity index (χ4n) is 4.50. The molecule has 1 fully saturated rings. The lowest BCUT2D eigenvalue weighted by Crippen LogP contribution is -2.63. The van der Waals surface area contributed by atoms with Crippen molar-refractivity contribution in [3.8, 4) is 17.2 Å². The first kappa shape index (κ1) is 35.6. The minimum atomic E-state index is -1.72. The molecule has 0 saturated carbocycles. The Morgan fingerprint density at radius 1 is 0.804 bits per heavy atom. The molecule has 0 radical (unpaired) electrons. The molecule has 2 heterocycles. The predicted molar refractivity (Wildman–Crippen MR) is 156 cm³/mol. The number of allylic oxidation sites excluding steroid dienone is 1. The molecule has 0 N–H and O–H groups in total. The van der Waals surface area contributed by atoms with Crippen LogP contribution in [0, 0.1) is 0 Å². The Balaban J connectivity index is 2.14. The second-order valence-corrected chi connectivity index (χ2v) is 10.0. The molecule has 0 spiro atoms. The van der Waals surface area contributed by atoms with Gasteiger partial charge in [0, 0.05) is 40.7 Å². The lowest BCUT2D eigenvalue weighted by molar-refractivity contribution is -0.288. The molecule has 0 unspecified atom stereocenters. The third-order valence-electron chi connectivity index (χ3n) is 6.18. The van der Waals surface area contributed by atoms with Crippen LogP contribution in [0.5, 0.6) is 17.2 Å². The van der Waals surface area contributed by atoms with Crippen LogP contribution in [0.2, 0.25) is 0 Å². The number of esters is 5. The zero-order valence-corrected chi connectivity index (χ0v) is 26.2. The molecule has 0 amide bonds. The van der Waals surface area contributed by atoms with Gasteiger partial charge in [-0.25, -0.2) is 4.79 Å². The maximum absolute atomic E-state index is 13.1. The number of hydrogen-bond donors (Lipinski definition) is 0. The standard InChI is InChI=1S/C31H36O15/c1-7-8-9-10-13-38-21-11-12-22-23(14-21)44-30(37)28(42-19(5)35)25(22)46-31-29(43-20(6)36)27(41-18(4)34)26(40-17(3)33)24(45-31)15-39-16(2)32/h8-9,11-12,14,24,26-27,29,31H,7,10,13,15H2,1-6H3/t24-,26-,27+,29+,31-/m1/s1. The third-order valence-corrected chi connectivity index (χ3v) is 6.18. The SMILES string of the molecule is CCC=CCCOc1ccc2c(O[C@H]3O[C@H](COC(C)=O)[C@@H](OC(C)=O)[C@H](OC(C)=O)[C@@H]3OC(C)=O)c(OC(C)=O)c(=O)oc2c1. The van der Waals surface area contributed by atoms with E-state index in [0.717, 1.165) is 41.0 Å². The van der Waals surface area contributed by atoms with Crippen molar-refractivity contribution in [2.24, 2.45) is 0 Å². The first-order valence-electron chi connectivity index (χ1n) is 14.3. The van der Waals surface area contributed by atoms with Crippen LogP contribution in [0.4, 0.5) is 0 Å². The number of ether oxygens (including phenoxy) is 8. The second kappa shape index (κ2) is 16.4. The van der Waals surface area contributed by atoms with Crippen LogP contribution in [0.15, 0.2) is 39.6 Å². The molecule has 2 aromatic rings. The summed E-state index contributed by atoms with van der Waals surface area (Å²) >= 11 is 0. The van der Waals surface area contributed by atoms with Gasteiger partial charge in [-0.3, -0.25) is 24.0 Å². The maximum atomic E-state index is 13.1. The highest BCUT2D eigenvalue weighted by molar-refractivity contribution is 5.87. The molecule has 5 atom stereocenters. The number of fused-ring (bicyclic) bond motifs is 1. The minimum Gasteiger partial charge on any atom is -0.493 e. The van der Waals surface area contributed by atoms with Crippen LogP contribution in [0.1, 0.15) is 54.4 Å². The van der Waals surface area contributed by atoms with Crippen LogP contribution < -0.4 is 19.8 Å². The Labute approximate surface area is 263 Å². The van der Waals surface area contributed by atoms with Crippen molar-refractivity contribution in [1.82, 2.24) is 0 Å². The highest BCUT2D eigenvalue weighted by Crippen LogP contribution is 2.38. The van der Waals surface area contributed by atoms with Crippen LogP contribution in [0.3, 0.4) is 0 Å². The number of hydrogen-bond acceptors (Lipinski definition) is 15. The van der Waals surface area contributed by atoms with E-state index in [4.69, 9.17) is 42.3 Å². The summed E-state index contributed by atoms with van der Waals surface area (Å²) in [6.07, 6.45) is -2.18. The summed E-state index contributed by atoms with van der Waals surface area (Å²) in [6, 6.07) is 4.46. The predicted octanol–water partition coefficient (Wildman–Crippen LogP) is 2.92. The van der Waals surface area contributed by atoms with Crippen molar-refractivity contribution in [2.75, 3.05) is 13.2 Å². The smallest absolute Gasteiger partial charge is 0.383 e. The zero-order valence-electron chi connectivity index (χ0n) is 26.2. The first-order chi connectivity index (χ1) is 21.8. The quantitative estimate of drug-likeness (QED) is 0.101. The lowest BCUT2D eigenvalue weighted by Gasteiger charge is -2.44. The Hall–Kier alpha value is -4.92. The molecule has 250 valence electrons. The zero-order chi connectivity index (χ0) is 34.0. The van der Waals surface area contributed by atoms with Crippen LogP contribution in [-0.4, -0.2) is 73.8 Å². The van der Waals surface area contributed by atoms with E-state index in [-0.39, 0.29) is 16.7 Å². The van der Waals surface area contributed by atoms with Gasteiger partial charge in [0.1, 0.15) is 24.0 Å². The third kappa shape index (κ3) is 9.79. The van der Waals surface area contributed by atoms with E-state index < -0.39 is 78.5 Å². The van der Waals surface area contributed by atoms with Gasteiger partial charge in [-0.15, -0.1) is 0 Å². The van der Waals surface area contributed by atoms with E-state index in [1.165, 1.54) is 12.1 Å². The summed E-state index contributed by atoms with van der Waals surface area (Å²) in [7, 11) is 0. The molecule has 1 aliphatic heterocycles. The molecule has 0 aliphatic carbocycles. The molecule has 1 aromatic heterocycles. The number of carbonyl (C=O) groups excluding carboxylic acids is 5. The van der Waals surface area contributed by atoms with Gasteiger partial charge in [-0.2, -0.15) is 0 Å². The monoisotopic (exact) mass is 648 g/mol. The summed E-state index contributed by atoms with van der Waals surface area (Å²) in [5.41, 5.74) is -1.13. The average Bonchev–Trinajstić information content (AvgIpc) is 2.95. The fourth-order valence-corrected chi connectivity index (χ4v) is 4.50. The highest BCUT2D eigenvalue weighted by atomic mass is 16.7. The summed E-state index contributed by atoms with van der Waals surface area (Å²) in [5, 5.41) is 0.113. The van der Waals surface area contributed by atoms with Crippen molar-refractivity contribution in [3.63, 3.8) is 0 Å². The van der Waals surface area contributed by atoms with Crippen molar-refractivity contribution in [3.05, 3.63) is 40.8 Å². The van der Waals surface area contributed by atoms with E-state index in [1.807, 2.05) is 19.1 Å². The van der Waals surface area contributed by atoms with Gasteiger partial charge in [-0.05, 0) is 25.0 Å². The van der Waals surface area contributed by atoms with E-state index in [2.05, 4.69) is 0 Å². The van der Waals surface area contributed by atoms with Crippen molar-refractivity contribution in [1.29, 1.82) is 0 Å². The number of rotatable bonds is 13.